The second kappa shape index (κ2) is 7.82. The van der Waals surface area contributed by atoms with Crippen LogP contribution in [0.25, 0.3) is 6.08 Å². The van der Waals surface area contributed by atoms with Crippen LogP contribution in [0.4, 0.5) is 10.1 Å². The fourth-order valence-corrected chi connectivity index (χ4v) is 2.23. The molecule has 0 bridgehead atoms. The number of hydrogen-bond donors (Lipinski definition) is 1. The predicted molar refractivity (Wildman–Crippen MR) is 91.6 cm³/mol. The van der Waals surface area contributed by atoms with Gasteiger partial charge in [-0.05, 0) is 35.9 Å². The third-order valence-electron chi connectivity index (χ3n) is 3.05. The number of anilines is 1. The first-order valence-electron chi connectivity index (χ1n) is 6.67. The maximum atomic E-state index is 13.7. The fourth-order valence-electron chi connectivity index (χ4n) is 1.88. The molecule has 0 saturated carbocycles. The number of nitriles is 1. The molecule has 0 atom stereocenters. The molecule has 24 heavy (non-hydrogen) atoms. The number of rotatable bonds is 4. The minimum atomic E-state index is -0.683. The van der Waals surface area contributed by atoms with Crippen LogP contribution in [0.1, 0.15) is 5.56 Å². The van der Waals surface area contributed by atoms with Gasteiger partial charge in [0.1, 0.15) is 11.6 Å². The summed E-state index contributed by atoms with van der Waals surface area (Å²) in [5.74, 6) is -1.21. The molecular weight excluding hydrogens is 354 g/mol. The van der Waals surface area contributed by atoms with Crippen molar-refractivity contribution in [2.45, 2.75) is 0 Å². The van der Waals surface area contributed by atoms with Crippen molar-refractivity contribution in [3.8, 4) is 11.8 Å². The lowest BCUT2D eigenvalue weighted by atomic mass is 10.1. The molecule has 0 unspecified atom stereocenters. The maximum Gasteiger partial charge on any atom is 0.266 e. The van der Waals surface area contributed by atoms with Gasteiger partial charge in [-0.15, -0.1) is 0 Å². The van der Waals surface area contributed by atoms with E-state index in [9.17, 15) is 14.4 Å². The van der Waals surface area contributed by atoms with Crippen molar-refractivity contribution in [2.75, 3.05) is 12.4 Å². The number of hydrogen-bond acceptors (Lipinski definition) is 3. The van der Waals surface area contributed by atoms with Crippen LogP contribution >= 0.6 is 23.2 Å². The van der Waals surface area contributed by atoms with E-state index in [4.69, 9.17) is 27.9 Å². The van der Waals surface area contributed by atoms with Crippen molar-refractivity contribution in [2.24, 2.45) is 0 Å². The Bertz CT molecular complexity index is 860. The normalized spacial score (nSPS) is 10.9. The molecule has 7 heteroatoms. The summed E-state index contributed by atoms with van der Waals surface area (Å²) in [5.41, 5.74) is 0.407. The predicted octanol–water partition coefficient (Wildman–Crippen LogP) is 4.69. The standard InChI is InChI=1S/C17H11Cl2FN2O2/c1-24-15-6-5-10(8-13(15)20)7-11(9-21)17(23)22-14-4-2-3-12(18)16(14)19/h2-8H,1H3,(H,22,23)/b11-7+. The number of benzene rings is 2. The highest BCUT2D eigenvalue weighted by molar-refractivity contribution is 6.44. The van der Waals surface area contributed by atoms with E-state index < -0.39 is 11.7 Å². The second-order valence-corrected chi connectivity index (χ2v) is 5.40. The molecule has 2 aromatic rings. The topological polar surface area (TPSA) is 62.1 Å². The van der Waals surface area contributed by atoms with Crippen LogP contribution in [0.3, 0.4) is 0 Å². The Morgan fingerprint density at radius 2 is 2.08 bits per heavy atom. The molecule has 1 N–H and O–H groups in total. The van der Waals surface area contributed by atoms with Gasteiger partial charge in [0, 0.05) is 0 Å². The summed E-state index contributed by atoms with van der Waals surface area (Å²) >= 11 is 11.9. The van der Waals surface area contributed by atoms with Crippen LogP contribution in [0.15, 0.2) is 42.0 Å². The molecule has 1 amide bonds. The van der Waals surface area contributed by atoms with E-state index in [-0.39, 0.29) is 27.1 Å². The summed E-state index contributed by atoms with van der Waals surface area (Å²) < 4.78 is 18.5. The largest absolute Gasteiger partial charge is 0.494 e. The van der Waals surface area contributed by atoms with Gasteiger partial charge >= 0.3 is 0 Å². The van der Waals surface area contributed by atoms with Crippen LogP contribution in [0.2, 0.25) is 10.0 Å². The highest BCUT2D eigenvalue weighted by atomic mass is 35.5. The summed E-state index contributed by atoms with van der Waals surface area (Å²) in [6.07, 6.45) is 1.26. The monoisotopic (exact) mass is 364 g/mol. The lowest BCUT2D eigenvalue weighted by Crippen LogP contribution is -2.13. The lowest BCUT2D eigenvalue weighted by molar-refractivity contribution is -0.112. The molecule has 0 radical (unpaired) electrons. The van der Waals surface area contributed by atoms with Gasteiger partial charge in [0.05, 0.1) is 22.8 Å². The Morgan fingerprint density at radius 3 is 2.71 bits per heavy atom. The van der Waals surface area contributed by atoms with Gasteiger partial charge in [-0.2, -0.15) is 5.26 Å². The number of amides is 1. The molecule has 0 spiro atoms. The average molecular weight is 365 g/mol. The SMILES string of the molecule is COc1ccc(/C=C(\C#N)C(=O)Nc2cccc(Cl)c2Cl)cc1F. The summed E-state index contributed by atoms with van der Waals surface area (Å²) in [6, 6.07) is 10.6. The minimum absolute atomic E-state index is 0.0702. The molecular formula is C17H11Cl2FN2O2. The quantitative estimate of drug-likeness (QED) is 0.632. The third kappa shape index (κ3) is 4.05. The van der Waals surface area contributed by atoms with Crippen LogP contribution in [-0.2, 0) is 4.79 Å². The maximum absolute atomic E-state index is 13.7. The summed E-state index contributed by atoms with van der Waals surface area (Å²) in [7, 11) is 1.34. The Labute approximate surface area is 148 Å². The van der Waals surface area contributed by atoms with Gasteiger partial charge in [-0.1, -0.05) is 35.3 Å². The number of nitrogens with one attached hydrogen (secondary N) is 1. The number of nitrogens with zero attached hydrogens (tertiary/aromatic N) is 1. The van der Waals surface area contributed by atoms with Gasteiger partial charge < -0.3 is 10.1 Å². The van der Waals surface area contributed by atoms with E-state index in [0.717, 1.165) is 6.07 Å². The fraction of sp³-hybridized carbons (Fsp3) is 0.0588. The van der Waals surface area contributed by atoms with E-state index >= 15 is 0 Å². The van der Waals surface area contributed by atoms with Crippen molar-refractivity contribution in [1.29, 1.82) is 5.26 Å². The second-order valence-electron chi connectivity index (χ2n) is 4.62. The van der Waals surface area contributed by atoms with Gasteiger partial charge in [-0.25, -0.2) is 4.39 Å². The first-order chi connectivity index (χ1) is 11.5. The molecule has 0 aliphatic carbocycles. The Morgan fingerprint density at radius 1 is 1.33 bits per heavy atom. The van der Waals surface area contributed by atoms with E-state index in [1.54, 1.807) is 24.3 Å². The number of carbonyl (C=O) groups excluding carboxylic acids is 1. The molecule has 2 aromatic carbocycles. The van der Waals surface area contributed by atoms with E-state index in [0.29, 0.717) is 5.56 Å². The van der Waals surface area contributed by atoms with E-state index in [1.807, 2.05) is 0 Å². The van der Waals surface area contributed by atoms with Crippen molar-refractivity contribution < 1.29 is 13.9 Å². The summed E-state index contributed by atoms with van der Waals surface area (Å²) in [6.45, 7) is 0. The van der Waals surface area contributed by atoms with Gasteiger partial charge in [-0.3, -0.25) is 4.79 Å². The molecule has 122 valence electrons. The number of ether oxygens (including phenoxy) is 1. The molecule has 0 aromatic heterocycles. The molecule has 2 rings (SSSR count). The van der Waals surface area contributed by atoms with Gasteiger partial charge in [0.2, 0.25) is 0 Å². The number of methoxy groups -OCH3 is 1. The first kappa shape index (κ1) is 17.8. The zero-order valence-electron chi connectivity index (χ0n) is 12.4. The molecule has 0 fully saturated rings. The van der Waals surface area contributed by atoms with Crippen molar-refractivity contribution in [3.05, 3.63) is 63.4 Å². The Balaban J connectivity index is 2.27. The summed E-state index contributed by atoms with van der Waals surface area (Å²) in [5, 5.41) is 12.1. The minimum Gasteiger partial charge on any atom is -0.494 e. The highest BCUT2D eigenvalue weighted by Crippen LogP contribution is 2.30. The highest BCUT2D eigenvalue weighted by Gasteiger charge is 2.13. The molecule has 0 aliphatic rings. The number of carbonyl (C=O) groups is 1. The average Bonchev–Trinajstić information content (AvgIpc) is 2.57. The van der Waals surface area contributed by atoms with Crippen LogP contribution in [-0.4, -0.2) is 13.0 Å². The third-order valence-corrected chi connectivity index (χ3v) is 3.87. The Kier molecular flexibility index (Phi) is 5.80. The van der Waals surface area contributed by atoms with Crippen LogP contribution in [0, 0.1) is 17.1 Å². The van der Waals surface area contributed by atoms with E-state index in [1.165, 1.54) is 25.3 Å². The molecule has 4 nitrogen and oxygen atoms in total. The zero-order valence-corrected chi connectivity index (χ0v) is 14.0. The molecule has 0 aliphatic heterocycles. The lowest BCUT2D eigenvalue weighted by Gasteiger charge is -2.07. The van der Waals surface area contributed by atoms with Crippen molar-refractivity contribution >= 4 is 40.9 Å². The first-order valence-corrected chi connectivity index (χ1v) is 7.42. The van der Waals surface area contributed by atoms with Gasteiger partial charge in [0.25, 0.3) is 5.91 Å². The summed E-state index contributed by atoms with van der Waals surface area (Å²) in [4.78, 5) is 12.2. The number of halogens is 3. The van der Waals surface area contributed by atoms with Gasteiger partial charge in [0.15, 0.2) is 11.6 Å². The van der Waals surface area contributed by atoms with E-state index in [2.05, 4.69) is 5.32 Å². The van der Waals surface area contributed by atoms with Crippen LogP contribution in [0.5, 0.6) is 5.75 Å². The molecule has 0 heterocycles. The van der Waals surface area contributed by atoms with Crippen molar-refractivity contribution in [3.63, 3.8) is 0 Å². The smallest absolute Gasteiger partial charge is 0.266 e. The van der Waals surface area contributed by atoms with Crippen molar-refractivity contribution in [1.82, 2.24) is 0 Å². The Hall–Kier alpha value is -2.55. The zero-order chi connectivity index (χ0) is 17.7. The van der Waals surface area contributed by atoms with Crippen LogP contribution < -0.4 is 10.1 Å². The molecule has 0 saturated heterocycles.